The van der Waals surface area contributed by atoms with E-state index in [9.17, 15) is 0 Å². The highest BCUT2D eigenvalue weighted by Crippen LogP contribution is 2.53. The van der Waals surface area contributed by atoms with Crippen LogP contribution in [0.4, 0.5) is 11.4 Å². The summed E-state index contributed by atoms with van der Waals surface area (Å²) in [4.78, 5) is 0. The lowest BCUT2D eigenvalue weighted by atomic mass is 9.68. The molecule has 0 unspecified atom stereocenters. The van der Waals surface area contributed by atoms with Crippen LogP contribution in [0.2, 0.25) is 0 Å². The maximum atomic E-state index is 2.42. The molecule has 1 nitrogen and oxygen atoms in total. The molecule has 0 aliphatic carbocycles. The summed E-state index contributed by atoms with van der Waals surface area (Å²) in [6.07, 6.45) is 2.28. The summed E-state index contributed by atoms with van der Waals surface area (Å²) in [5.41, 5.74) is 5.77. The second kappa shape index (κ2) is 4.82. The van der Waals surface area contributed by atoms with E-state index in [1.54, 1.807) is 0 Å². The van der Waals surface area contributed by atoms with E-state index in [1.165, 1.54) is 22.5 Å². The minimum absolute atomic E-state index is 0.162. The quantitative estimate of drug-likeness (QED) is 0.496. The lowest BCUT2D eigenvalue weighted by molar-refractivity contribution is 0.476. The summed E-state index contributed by atoms with van der Waals surface area (Å²) in [6, 6.07) is 17.7. The molecule has 2 aromatic rings. The zero-order valence-corrected chi connectivity index (χ0v) is 13.5. The highest BCUT2D eigenvalue weighted by atomic mass is 127. The number of halogens is 1. The monoisotopic (exact) mass is 363 g/mol. The molecule has 0 radical (unpaired) electrons. The molecule has 98 valence electrons. The molecule has 0 fully saturated rings. The number of anilines is 2. The molecule has 1 heterocycles. The highest BCUT2D eigenvalue weighted by Gasteiger charge is 2.39. The lowest BCUT2D eigenvalue weighted by Gasteiger charge is -2.42. The Labute approximate surface area is 129 Å². The van der Waals surface area contributed by atoms with Gasteiger partial charge in [-0.25, -0.2) is 0 Å². The summed E-state index contributed by atoms with van der Waals surface area (Å²) in [5.74, 6) is 0. The maximum absolute atomic E-state index is 2.42. The third-order valence-electron chi connectivity index (χ3n) is 4.47. The van der Waals surface area contributed by atoms with Crippen molar-refractivity contribution >= 4 is 34.2 Å². The van der Waals surface area contributed by atoms with Gasteiger partial charge in [0.25, 0.3) is 0 Å². The maximum Gasteiger partial charge on any atom is 0.0646 e. The minimum Gasteiger partial charge on any atom is -0.282 e. The second-order valence-corrected chi connectivity index (χ2v) is 6.07. The predicted octanol–water partition coefficient (Wildman–Crippen LogP) is 5.59. The Balaban J connectivity index is 2.35. The summed E-state index contributed by atoms with van der Waals surface area (Å²) in [7, 11) is 0. The summed E-state index contributed by atoms with van der Waals surface area (Å²) in [5, 5.41) is 0. The summed E-state index contributed by atoms with van der Waals surface area (Å²) < 4.78 is 2.30. The van der Waals surface area contributed by atoms with Crippen molar-refractivity contribution in [2.45, 2.75) is 32.1 Å². The molecule has 0 aromatic heterocycles. The van der Waals surface area contributed by atoms with Crippen LogP contribution in [-0.4, -0.2) is 0 Å². The molecule has 0 bridgehead atoms. The Hall–Kier alpha value is -1.03. The molecule has 0 N–H and O–H groups in total. The Kier molecular flexibility index (Phi) is 3.29. The van der Waals surface area contributed by atoms with E-state index >= 15 is 0 Å². The molecule has 19 heavy (non-hydrogen) atoms. The van der Waals surface area contributed by atoms with Gasteiger partial charge in [-0.2, -0.15) is 0 Å². The fourth-order valence-corrected chi connectivity index (χ4v) is 4.23. The number of nitrogens with zero attached hydrogens (tertiary/aromatic N) is 1. The minimum atomic E-state index is 0.162. The number of rotatable bonds is 2. The molecule has 3 rings (SSSR count). The topological polar surface area (TPSA) is 3.24 Å². The number of hydrogen-bond acceptors (Lipinski definition) is 1. The summed E-state index contributed by atoms with van der Waals surface area (Å²) in [6.45, 7) is 4.61. The summed E-state index contributed by atoms with van der Waals surface area (Å²) >= 11 is 2.42. The predicted molar refractivity (Wildman–Crippen MR) is 90.4 cm³/mol. The van der Waals surface area contributed by atoms with Crippen LogP contribution >= 0.6 is 22.9 Å². The lowest BCUT2D eigenvalue weighted by Crippen LogP contribution is -2.32. The third-order valence-corrected chi connectivity index (χ3v) is 5.51. The molecular formula is C17H18IN. The van der Waals surface area contributed by atoms with Crippen molar-refractivity contribution in [1.82, 2.24) is 0 Å². The first kappa shape index (κ1) is 13.0. The Morgan fingerprint density at radius 1 is 0.842 bits per heavy atom. The van der Waals surface area contributed by atoms with Crippen LogP contribution in [0, 0.1) is 0 Å². The van der Waals surface area contributed by atoms with Crippen molar-refractivity contribution in [2.24, 2.45) is 0 Å². The SMILES string of the molecule is CCC1(CC)c2ccccc2N(I)c2ccccc21. The van der Waals surface area contributed by atoms with E-state index in [2.05, 4.69) is 88.4 Å². The van der Waals surface area contributed by atoms with Gasteiger partial charge in [0.15, 0.2) is 0 Å². The standard InChI is InChI=1S/C17H18IN/c1-3-17(4-2)13-9-5-7-11-15(13)19(18)16-12-8-6-10-14(16)17/h5-12H,3-4H2,1-2H3. The van der Waals surface area contributed by atoms with Gasteiger partial charge in [0.05, 0.1) is 34.2 Å². The first-order valence-electron chi connectivity index (χ1n) is 6.89. The van der Waals surface area contributed by atoms with Crippen LogP contribution in [-0.2, 0) is 5.41 Å². The van der Waals surface area contributed by atoms with Crippen molar-refractivity contribution in [2.75, 3.05) is 3.11 Å². The Morgan fingerprint density at radius 2 is 1.26 bits per heavy atom. The largest absolute Gasteiger partial charge is 0.282 e. The number of hydrogen-bond donors (Lipinski definition) is 0. The van der Waals surface area contributed by atoms with Crippen LogP contribution < -0.4 is 3.11 Å². The zero-order valence-electron chi connectivity index (χ0n) is 11.4. The van der Waals surface area contributed by atoms with Crippen molar-refractivity contribution in [3.63, 3.8) is 0 Å². The van der Waals surface area contributed by atoms with Crippen LogP contribution in [0.3, 0.4) is 0 Å². The molecule has 2 heteroatoms. The highest BCUT2D eigenvalue weighted by molar-refractivity contribution is 14.1. The molecule has 0 saturated heterocycles. The van der Waals surface area contributed by atoms with Gasteiger partial charge in [0.2, 0.25) is 0 Å². The Morgan fingerprint density at radius 3 is 1.68 bits per heavy atom. The van der Waals surface area contributed by atoms with Gasteiger partial charge < -0.3 is 0 Å². The molecule has 0 amide bonds. The first-order chi connectivity index (χ1) is 9.24. The molecule has 2 aromatic carbocycles. The van der Waals surface area contributed by atoms with Crippen molar-refractivity contribution in [1.29, 1.82) is 0 Å². The molecule has 0 spiro atoms. The van der Waals surface area contributed by atoms with E-state index < -0.39 is 0 Å². The van der Waals surface area contributed by atoms with Gasteiger partial charge in [0.1, 0.15) is 0 Å². The molecular weight excluding hydrogens is 345 g/mol. The van der Waals surface area contributed by atoms with E-state index in [0.29, 0.717) is 0 Å². The van der Waals surface area contributed by atoms with Gasteiger partial charge in [-0.05, 0) is 36.1 Å². The van der Waals surface area contributed by atoms with Gasteiger partial charge in [-0.15, -0.1) is 0 Å². The van der Waals surface area contributed by atoms with E-state index in [-0.39, 0.29) is 5.41 Å². The third kappa shape index (κ3) is 1.72. The number of fused-ring (bicyclic) bond motifs is 2. The molecule has 0 saturated carbocycles. The van der Waals surface area contributed by atoms with Crippen molar-refractivity contribution in [3.05, 3.63) is 59.7 Å². The second-order valence-electron chi connectivity index (χ2n) is 5.10. The van der Waals surface area contributed by atoms with E-state index in [0.717, 1.165) is 12.8 Å². The fraction of sp³-hybridized carbons (Fsp3) is 0.294. The smallest absolute Gasteiger partial charge is 0.0646 e. The van der Waals surface area contributed by atoms with E-state index in [4.69, 9.17) is 0 Å². The fourth-order valence-electron chi connectivity index (χ4n) is 3.39. The zero-order chi connectivity index (χ0) is 13.5. The normalized spacial score (nSPS) is 15.8. The first-order valence-corrected chi connectivity index (χ1v) is 7.86. The molecule has 1 aliphatic heterocycles. The Bertz CT molecular complexity index is 552. The van der Waals surface area contributed by atoms with Crippen molar-refractivity contribution in [3.8, 4) is 0 Å². The molecule has 0 atom stereocenters. The van der Waals surface area contributed by atoms with Gasteiger partial charge >= 0.3 is 0 Å². The van der Waals surface area contributed by atoms with Crippen LogP contribution in [0.5, 0.6) is 0 Å². The average Bonchev–Trinajstić information content (AvgIpc) is 2.49. The van der Waals surface area contributed by atoms with Gasteiger partial charge in [-0.1, -0.05) is 50.2 Å². The number of para-hydroxylation sites is 2. The van der Waals surface area contributed by atoms with Crippen molar-refractivity contribution < 1.29 is 0 Å². The van der Waals surface area contributed by atoms with Crippen LogP contribution in [0.15, 0.2) is 48.5 Å². The average molecular weight is 363 g/mol. The van der Waals surface area contributed by atoms with Gasteiger partial charge in [-0.3, -0.25) is 3.11 Å². The number of benzene rings is 2. The van der Waals surface area contributed by atoms with E-state index in [1.807, 2.05) is 0 Å². The van der Waals surface area contributed by atoms with Crippen LogP contribution in [0.1, 0.15) is 37.8 Å². The van der Waals surface area contributed by atoms with Crippen LogP contribution in [0.25, 0.3) is 0 Å². The molecule has 1 aliphatic rings. The van der Waals surface area contributed by atoms with Gasteiger partial charge in [0, 0.05) is 5.41 Å².